The second-order valence-electron chi connectivity index (χ2n) is 4.31. The van der Waals surface area contributed by atoms with Gasteiger partial charge >= 0.3 is 0 Å². The number of nitrogen functional groups attached to an aromatic ring is 1. The number of para-hydroxylation sites is 1. The molecule has 3 aromatic rings. The molecule has 0 atom stereocenters. The van der Waals surface area contributed by atoms with Crippen LogP contribution in [-0.2, 0) is 5.75 Å². The van der Waals surface area contributed by atoms with Gasteiger partial charge in [-0.2, -0.15) is 4.68 Å². The molecule has 0 aliphatic heterocycles. The fourth-order valence-corrected chi connectivity index (χ4v) is 2.71. The zero-order valence-electron chi connectivity index (χ0n) is 11.0. The van der Waals surface area contributed by atoms with Crippen molar-refractivity contribution in [3.05, 3.63) is 60.2 Å². The Hall–Kier alpha value is -2.41. The molecule has 2 aromatic carbocycles. The van der Waals surface area contributed by atoms with Crippen LogP contribution in [0.4, 0.5) is 10.1 Å². The SMILES string of the molecule is Nc1cc(F)ccc1SCc1nnnn1-c1ccccc1. The van der Waals surface area contributed by atoms with Crippen LogP contribution in [-0.4, -0.2) is 20.2 Å². The minimum atomic E-state index is -0.342. The number of nitrogens with zero attached hydrogens (tertiary/aromatic N) is 4. The number of tetrazole rings is 1. The van der Waals surface area contributed by atoms with Gasteiger partial charge in [0.2, 0.25) is 0 Å². The van der Waals surface area contributed by atoms with Crippen molar-refractivity contribution >= 4 is 17.4 Å². The van der Waals surface area contributed by atoms with E-state index >= 15 is 0 Å². The van der Waals surface area contributed by atoms with E-state index in [1.807, 2.05) is 30.3 Å². The minimum Gasteiger partial charge on any atom is -0.398 e. The second kappa shape index (κ2) is 5.92. The highest BCUT2D eigenvalue weighted by molar-refractivity contribution is 7.98. The van der Waals surface area contributed by atoms with Crippen molar-refractivity contribution in [2.45, 2.75) is 10.6 Å². The molecule has 21 heavy (non-hydrogen) atoms. The summed E-state index contributed by atoms with van der Waals surface area (Å²) in [6.07, 6.45) is 0. The number of nitrogens with two attached hydrogens (primary N) is 1. The molecule has 0 unspecified atom stereocenters. The fraction of sp³-hybridized carbons (Fsp3) is 0.0714. The van der Waals surface area contributed by atoms with E-state index < -0.39 is 0 Å². The molecule has 0 amide bonds. The Labute approximate surface area is 125 Å². The van der Waals surface area contributed by atoms with E-state index in [0.717, 1.165) is 10.6 Å². The van der Waals surface area contributed by atoms with Crippen LogP contribution in [0.5, 0.6) is 0 Å². The first kappa shape index (κ1) is 13.6. The van der Waals surface area contributed by atoms with Crippen LogP contribution in [0.25, 0.3) is 5.69 Å². The predicted molar refractivity (Wildman–Crippen MR) is 79.5 cm³/mol. The molecule has 1 heterocycles. The van der Waals surface area contributed by atoms with Gasteiger partial charge in [0.15, 0.2) is 5.82 Å². The molecule has 5 nitrogen and oxygen atoms in total. The molecular weight excluding hydrogens is 289 g/mol. The number of hydrogen-bond acceptors (Lipinski definition) is 5. The number of anilines is 1. The zero-order valence-corrected chi connectivity index (χ0v) is 11.8. The summed E-state index contributed by atoms with van der Waals surface area (Å²) in [5.41, 5.74) is 7.10. The molecule has 0 spiro atoms. The third-order valence-corrected chi connectivity index (χ3v) is 3.95. The third kappa shape index (κ3) is 3.03. The smallest absolute Gasteiger partial charge is 0.166 e. The highest BCUT2D eigenvalue weighted by Crippen LogP contribution is 2.28. The van der Waals surface area contributed by atoms with Crippen molar-refractivity contribution < 1.29 is 4.39 Å². The number of aromatic nitrogens is 4. The van der Waals surface area contributed by atoms with Gasteiger partial charge in [0.25, 0.3) is 0 Å². The van der Waals surface area contributed by atoms with Gasteiger partial charge in [-0.25, -0.2) is 4.39 Å². The first-order valence-corrected chi connectivity index (χ1v) is 7.23. The van der Waals surface area contributed by atoms with Gasteiger partial charge in [0.1, 0.15) is 5.82 Å². The first-order valence-electron chi connectivity index (χ1n) is 6.24. The number of hydrogen-bond donors (Lipinski definition) is 1. The van der Waals surface area contributed by atoms with E-state index in [1.54, 1.807) is 10.7 Å². The zero-order chi connectivity index (χ0) is 14.7. The van der Waals surface area contributed by atoms with E-state index in [9.17, 15) is 4.39 Å². The number of benzene rings is 2. The maximum absolute atomic E-state index is 13.0. The molecule has 2 N–H and O–H groups in total. The quantitative estimate of drug-likeness (QED) is 0.592. The maximum Gasteiger partial charge on any atom is 0.166 e. The summed E-state index contributed by atoms with van der Waals surface area (Å²) in [7, 11) is 0. The van der Waals surface area contributed by atoms with Crippen molar-refractivity contribution in [3.8, 4) is 5.69 Å². The van der Waals surface area contributed by atoms with E-state index in [2.05, 4.69) is 15.5 Å². The van der Waals surface area contributed by atoms with E-state index in [4.69, 9.17) is 5.73 Å². The molecule has 1 aromatic heterocycles. The molecule has 106 valence electrons. The highest BCUT2D eigenvalue weighted by Gasteiger charge is 2.10. The van der Waals surface area contributed by atoms with Crippen molar-refractivity contribution in [2.24, 2.45) is 0 Å². The van der Waals surface area contributed by atoms with Gasteiger partial charge in [-0.3, -0.25) is 0 Å². The summed E-state index contributed by atoms with van der Waals surface area (Å²) in [5.74, 6) is 0.901. The van der Waals surface area contributed by atoms with E-state index in [1.165, 1.54) is 23.9 Å². The van der Waals surface area contributed by atoms with Gasteiger partial charge in [0, 0.05) is 10.6 Å². The van der Waals surface area contributed by atoms with Crippen LogP contribution < -0.4 is 5.73 Å². The van der Waals surface area contributed by atoms with Crippen molar-refractivity contribution in [1.82, 2.24) is 20.2 Å². The summed E-state index contributed by atoms with van der Waals surface area (Å²) in [6, 6.07) is 14.0. The average Bonchev–Trinajstić information content (AvgIpc) is 2.96. The normalized spacial score (nSPS) is 10.7. The van der Waals surface area contributed by atoms with Crippen LogP contribution in [0.1, 0.15) is 5.82 Å². The van der Waals surface area contributed by atoms with Crippen molar-refractivity contribution in [2.75, 3.05) is 5.73 Å². The lowest BCUT2D eigenvalue weighted by Gasteiger charge is -2.06. The molecule has 0 saturated carbocycles. The summed E-state index contributed by atoms with van der Waals surface area (Å²) >= 11 is 1.47. The lowest BCUT2D eigenvalue weighted by molar-refractivity contribution is 0.627. The molecule has 0 aliphatic carbocycles. The second-order valence-corrected chi connectivity index (χ2v) is 5.33. The van der Waals surface area contributed by atoms with Gasteiger partial charge in [-0.15, -0.1) is 16.9 Å². The first-order chi connectivity index (χ1) is 10.2. The molecule has 7 heteroatoms. The van der Waals surface area contributed by atoms with Gasteiger partial charge in [0.05, 0.1) is 11.4 Å². The summed E-state index contributed by atoms with van der Waals surface area (Å²) in [5, 5.41) is 11.7. The Bertz CT molecular complexity index is 744. The Balaban J connectivity index is 1.79. The van der Waals surface area contributed by atoms with Gasteiger partial charge in [-0.1, -0.05) is 18.2 Å². The number of halogens is 1. The molecule has 0 bridgehead atoms. The molecule has 0 aliphatic rings. The Morgan fingerprint density at radius 1 is 1.14 bits per heavy atom. The van der Waals surface area contributed by atoms with Crippen LogP contribution in [0.2, 0.25) is 0 Å². The minimum absolute atomic E-state index is 0.342. The molecule has 0 radical (unpaired) electrons. The molecular formula is C14H12FN5S. The number of rotatable bonds is 4. The van der Waals surface area contributed by atoms with E-state index in [-0.39, 0.29) is 5.82 Å². The van der Waals surface area contributed by atoms with Crippen LogP contribution in [0.15, 0.2) is 53.4 Å². The summed E-state index contributed by atoms with van der Waals surface area (Å²) in [6.45, 7) is 0. The highest BCUT2D eigenvalue weighted by atomic mass is 32.2. The summed E-state index contributed by atoms with van der Waals surface area (Å²) in [4.78, 5) is 0.805. The number of thioether (sulfide) groups is 1. The Morgan fingerprint density at radius 2 is 1.95 bits per heavy atom. The fourth-order valence-electron chi connectivity index (χ4n) is 1.86. The molecule has 0 saturated heterocycles. The lowest BCUT2D eigenvalue weighted by atomic mass is 10.3. The maximum atomic E-state index is 13.0. The lowest BCUT2D eigenvalue weighted by Crippen LogP contribution is -2.02. The average molecular weight is 301 g/mol. The van der Waals surface area contributed by atoms with Crippen LogP contribution in [0.3, 0.4) is 0 Å². The van der Waals surface area contributed by atoms with Gasteiger partial charge in [-0.05, 0) is 40.8 Å². The topological polar surface area (TPSA) is 69.6 Å². The van der Waals surface area contributed by atoms with Crippen molar-refractivity contribution in [1.29, 1.82) is 0 Å². The van der Waals surface area contributed by atoms with Gasteiger partial charge < -0.3 is 5.73 Å². The standard InChI is InChI=1S/C14H12FN5S/c15-10-6-7-13(12(16)8-10)21-9-14-17-18-19-20(14)11-4-2-1-3-5-11/h1-8H,9,16H2. The van der Waals surface area contributed by atoms with Crippen molar-refractivity contribution in [3.63, 3.8) is 0 Å². The molecule has 3 rings (SSSR count). The monoisotopic (exact) mass is 301 g/mol. The molecule has 0 fully saturated rings. The third-order valence-electron chi connectivity index (χ3n) is 2.86. The predicted octanol–water partition coefficient (Wildman–Crippen LogP) is 2.68. The summed E-state index contributed by atoms with van der Waals surface area (Å²) < 4.78 is 14.7. The van der Waals surface area contributed by atoms with Crippen LogP contribution in [0, 0.1) is 5.82 Å². The van der Waals surface area contributed by atoms with Crippen LogP contribution >= 0.6 is 11.8 Å². The van der Waals surface area contributed by atoms with E-state index in [0.29, 0.717) is 17.3 Å². The Morgan fingerprint density at radius 3 is 2.71 bits per heavy atom. The largest absolute Gasteiger partial charge is 0.398 e. The Kier molecular flexibility index (Phi) is 3.83.